The largest absolute Gasteiger partial charge is 0.453 e. The summed E-state index contributed by atoms with van der Waals surface area (Å²) in [5, 5.41) is 0.900. The van der Waals surface area contributed by atoms with Crippen molar-refractivity contribution in [2.45, 2.75) is 6.54 Å². The molecule has 28 heavy (non-hydrogen) atoms. The van der Waals surface area contributed by atoms with Crippen LogP contribution in [0, 0.1) is 0 Å². The van der Waals surface area contributed by atoms with Crippen LogP contribution in [0.1, 0.15) is 21.7 Å². The Morgan fingerprint density at radius 2 is 1.89 bits per heavy atom. The van der Waals surface area contributed by atoms with Gasteiger partial charge in [0.05, 0.1) is 0 Å². The molecule has 0 radical (unpaired) electrons. The lowest BCUT2D eigenvalue weighted by Crippen LogP contribution is -2.33. The highest BCUT2D eigenvalue weighted by molar-refractivity contribution is 9.10. The minimum absolute atomic E-state index is 0.159. The molecule has 4 rings (SSSR count). The fraction of sp³-hybridized carbons (Fsp3) is 0.0435. The smallest absolute Gasteiger partial charge is 0.221 e. The van der Waals surface area contributed by atoms with Gasteiger partial charge in [0, 0.05) is 31.5 Å². The number of ketones is 1. The second kappa shape index (κ2) is 8.25. The number of hydrogen-bond acceptors (Lipinski definition) is 2. The van der Waals surface area contributed by atoms with Crippen molar-refractivity contribution in [3.63, 3.8) is 0 Å². The van der Waals surface area contributed by atoms with Gasteiger partial charge in [-0.3, -0.25) is 4.79 Å². The first-order valence-corrected chi connectivity index (χ1v) is 10.3. The second-order valence-corrected chi connectivity index (χ2v) is 8.16. The Morgan fingerprint density at radius 3 is 2.75 bits per heavy atom. The van der Waals surface area contributed by atoms with Gasteiger partial charge in [0.25, 0.3) is 0 Å². The molecule has 0 atom stereocenters. The fourth-order valence-corrected chi connectivity index (χ4v) is 3.74. The van der Waals surface area contributed by atoms with Crippen LogP contribution in [0.3, 0.4) is 0 Å². The zero-order chi connectivity index (χ0) is 19.5. The molecule has 138 valence electrons. The van der Waals surface area contributed by atoms with E-state index >= 15 is 0 Å². The maximum absolute atomic E-state index is 12.5. The molecule has 0 unspecified atom stereocenters. The summed E-state index contributed by atoms with van der Waals surface area (Å²) in [6.07, 6.45) is 7.38. The average Bonchev–Trinajstić information content (AvgIpc) is 3.11. The summed E-state index contributed by atoms with van der Waals surface area (Å²) in [7, 11) is 0. The molecule has 2 aromatic heterocycles. The zero-order valence-corrected chi connectivity index (χ0v) is 18.0. The van der Waals surface area contributed by atoms with E-state index in [-0.39, 0.29) is 5.78 Å². The summed E-state index contributed by atoms with van der Waals surface area (Å²) in [4.78, 5) is 12.5. The van der Waals surface area contributed by atoms with Crippen molar-refractivity contribution in [3.05, 3.63) is 105 Å². The SMILES string of the molecule is O=C(C=Cc1ccc[n+](Cc2ccccc2Br)c1)c1cc2cc(Br)ccc2o1. The molecule has 3 nitrogen and oxygen atoms in total. The highest BCUT2D eigenvalue weighted by Gasteiger charge is 2.11. The molecule has 0 aliphatic carbocycles. The molecule has 2 aromatic carbocycles. The van der Waals surface area contributed by atoms with Crippen LogP contribution < -0.4 is 4.57 Å². The number of halogens is 2. The molecule has 0 aliphatic rings. The number of carbonyl (C=O) groups excluding carboxylic acids is 1. The number of rotatable bonds is 5. The van der Waals surface area contributed by atoms with Crippen LogP contribution in [0.25, 0.3) is 17.0 Å². The van der Waals surface area contributed by atoms with Crippen LogP contribution in [0.15, 0.2) is 92.5 Å². The first-order valence-electron chi connectivity index (χ1n) is 8.72. The normalized spacial score (nSPS) is 11.4. The fourth-order valence-electron chi connectivity index (χ4n) is 2.95. The minimum atomic E-state index is -0.159. The predicted octanol–water partition coefficient (Wildman–Crippen LogP) is 6.19. The lowest BCUT2D eigenvalue weighted by molar-refractivity contribution is -0.688. The van der Waals surface area contributed by atoms with Crippen molar-refractivity contribution in [3.8, 4) is 0 Å². The summed E-state index contributed by atoms with van der Waals surface area (Å²) < 4.78 is 9.78. The molecule has 4 aromatic rings. The summed E-state index contributed by atoms with van der Waals surface area (Å²) in [6, 6.07) is 19.5. The summed E-state index contributed by atoms with van der Waals surface area (Å²) in [5.41, 5.74) is 2.84. The van der Waals surface area contributed by atoms with Crippen molar-refractivity contribution >= 4 is 54.7 Å². The number of benzene rings is 2. The summed E-state index contributed by atoms with van der Waals surface area (Å²) >= 11 is 7.01. The third-order valence-electron chi connectivity index (χ3n) is 4.34. The third-order valence-corrected chi connectivity index (χ3v) is 5.61. The molecule has 0 fully saturated rings. The van der Waals surface area contributed by atoms with Gasteiger partial charge in [-0.2, -0.15) is 0 Å². The highest BCUT2D eigenvalue weighted by atomic mass is 79.9. The van der Waals surface area contributed by atoms with Crippen molar-refractivity contribution in [2.24, 2.45) is 0 Å². The number of nitrogens with zero attached hydrogens (tertiary/aromatic N) is 1. The number of carbonyl (C=O) groups is 1. The van der Waals surface area contributed by atoms with Crippen LogP contribution in [0.4, 0.5) is 0 Å². The summed E-state index contributed by atoms with van der Waals surface area (Å²) in [6.45, 7) is 0.746. The Bertz CT molecular complexity index is 1190. The zero-order valence-electron chi connectivity index (χ0n) is 14.8. The lowest BCUT2D eigenvalue weighted by atomic mass is 10.2. The Labute approximate surface area is 179 Å². The van der Waals surface area contributed by atoms with Crippen LogP contribution in [-0.2, 0) is 6.54 Å². The third kappa shape index (κ3) is 4.32. The van der Waals surface area contributed by atoms with Gasteiger partial charge in [-0.25, -0.2) is 4.57 Å². The van der Waals surface area contributed by atoms with Gasteiger partial charge < -0.3 is 4.42 Å². The molecule has 2 heterocycles. The van der Waals surface area contributed by atoms with Gasteiger partial charge in [0.1, 0.15) is 5.58 Å². The number of aromatic nitrogens is 1. The number of pyridine rings is 1. The van der Waals surface area contributed by atoms with Crippen LogP contribution in [0.5, 0.6) is 0 Å². The van der Waals surface area contributed by atoms with Gasteiger partial charge in [0.15, 0.2) is 24.7 Å². The van der Waals surface area contributed by atoms with E-state index in [0.29, 0.717) is 11.3 Å². The van der Waals surface area contributed by atoms with Crippen molar-refractivity contribution < 1.29 is 13.8 Å². The molecule has 0 amide bonds. The van der Waals surface area contributed by atoms with Gasteiger partial charge in [-0.15, -0.1) is 0 Å². The van der Waals surface area contributed by atoms with Crippen molar-refractivity contribution in [1.82, 2.24) is 0 Å². The first-order chi connectivity index (χ1) is 13.6. The maximum Gasteiger partial charge on any atom is 0.221 e. The molecule has 0 saturated carbocycles. The Kier molecular flexibility index (Phi) is 5.55. The predicted molar refractivity (Wildman–Crippen MR) is 117 cm³/mol. The maximum atomic E-state index is 12.5. The van der Waals surface area contributed by atoms with Gasteiger partial charge in [-0.05, 0) is 48.6 Å². The Hall–Kier alpha value is -2.50. The van der Waals surface area contributed by atoms with E-state index in [1.54, 1.807) is 12.1 Å². The van der Waals surface area contributed by atoms with Gasteiger partial charge in [-0.1, -0.05) is 50.1 Å². The molecule has 0 N–H and O–H groups in total. The van der Waals surface area contributed by atoms with Crippen molar-refractivity contribution in [1.29, 1.82) is 0 Å². The van der Waals surface area contributed by atoms with E-state index in [0.717, 1.165) is 26.4 Å². The lowest BCUT2D eigenvalue weighted by Gasteiger charge is -2.01. The summed E-state index contributed by atoms with van der Waals surface area (Å²) in [5.74, 6) is 0.176. The van der Waals surface area contributed by atoms with Crippen LogP contribution in [-0.4, -0.2) is 5.78 Å². The quantitative estimate of drug-likeness (QED) is 0.187. The van der Waals surface area contributed by atoms with E-state index < -0.39 is 0 Å². The molecule has 0 bridgehead atoms. The number of allylic oxidation sites excluding steroid dienone is 1. The molecule has 0 saturated heterocycles. The standard InChI is InChI=1S/C23H16Br2NO2/c24-19-8-10-22-18(12-19)13-23(28-22)21(27)9-7-16-4-3-11-26(14-16)15-17-5-1-2-6-20(17)25/h1-14H,15H2/q+1. The topological polar surface area (TPSA) is 34.1 Å². The second-order valence-electron chi connectivity index (χ2n) is 6.39. The average molecular weight is 498 g/mol. The molecule has 0 spiro atoms. The molecule has 5 heteroatoms. The van der Waals surface area contributed by atoms with E-state index in [2.05, 4.69) is 42.5 Å². The van der Waals surface area contributed by atoms with Crippen LogP contribution in [0.2, 0.25) is 0 Å². The molecular weight excluding hydrogens is 482 g/mol. The van der Waals surface area contributed by atoms with E-state index in [9.17, 15) is 4.79 Å². The van der Waals surface area contributed by atoms with Gasteiger partial charge >= 0.3 is 0 Å². The number of fused-ring (bicyclic) bond motifs is 1. The van der Waals surface area contributed by atoms with Crippen molar-refractivity contribution in [2.75, 3.05) is 0 Å². The van der Waals surface area contributed by atoms with E-state index in [4.69, 9.17) is 4.42 Å². The highest BCUT2D eigenvalue weighted by Crippen LogP contribution is 2.24. The minimum Gasteiger partial charge on any atom is -0.453 e. The first kappa shape index (κ1) is 18.8. The monoisotopic (exact) mass is 496 g/mol. The van der Waals surface area contributed by atoms with Crippen LogP contribution >= 0.6 is 31.9 Å². The molecule has 0 aliphatic heterocycles. The van der Waals surface area contributed by atoms with E-state index in [1.165, 1.54) is 5.56 Å². The number of hydrogen-bond donors (Lipinski definition) is 0. The Morgan fingerprint density at radius 1 is 1.04 bits per heavy atom. The van der Waals surface area contributed by atoms with E-state index in [1.807, 2.05) is 67.0 Å². The molecular formula is C23H16Br2NO2+. The van der Waals surface area contributed by atoms with Gasteiger partial charge in [0.2, 0.25) is 5.78 Å². The number of furan rings is 1. The Balaban J connectivity index is 1.52.